The summed E-state index contributed by atoms with van der Waals surface area (Å²) >= 11 is 10.5. The van der Waals surface area contributed by atoms with Gasteiger partial charge in [0.15, 0.2) is 0 Å². The minimum atomic E-state index is -2.15. The molecule has 0 aliphatic carbocycles. The van der Waals surface area contributed by atoms with Gasteiger partial charge < -0.3 is 0 Å². The van der Waals surface area contributed by atoms with Gasteiger partial charge in [0.2, 0.25) is 0 Å². The molecule has 0 saturated heterocycles. The largest absolute Gasteiger partial charge is 0.749 e. The first-order valence-electron chi connectivity index (χ1n) is 2.33. The molecule has 0 radical (unpaired) electrons. The summed E-state index contributed by atoms with van der Waals surface area (Å²) in [5.74, 6) is 0. The highest BCUT2D eigenvalue weighted by atomic mass is 35.5. The lowest BCUT2D eigenvalue weighted by Crippen LogP contribution is -1.96. The van der Waals surface area contributed by atoms with E-state index in [0.29, 0.717) is 0 Å². The average molecular weight is 204 g/mol. The van der Waals surface area contributed by atoms with Crippen molar-refractivity contribution in [1.29, 1.82) is 0 Å². The van der Waals surface area contributed by atoms with E-state index in [2.05, 4.69) is 15.6 Å². The van der Waals surface area contributed by atoms with Gasteiger partial charge >= 0.3 is 8.25 Å². The predicted octanol–water partition coefficient (Wildman–Crippen LogP) is 2.62. The van der Waals surface area contributed by atoms with Gasteiger partial charge in [-0.3, -0.25) is 0 Å². The molecular weight excluding hydrogens is 198 g/mol. The van der Waals surface area contributed by atoms with Crippen LogP contribution in [0.4, 0.5) is 0 Å². The van der Waals surface area contributed by atoms with E-state index >= 15 is 0 Å². The van der Waals surface area contributed by atoms with Crippen LogP contribution in [0.3, 0.4) is 0 Å². The summed E-state index contributed by atoms with van der Waals surface area (Å²) in [6.45, 7) is 3.15. The van der Waals surface area contributed by atoms with Crippen molar-refractivity contribution >= 4 is 31.5 Å². The maximum Gasteiger partial charge on any atom is 0.749 e. The average Bonchev–Trinajstić information content (AvgIpc) is 1.85. The molecule has 0 aliphatic rings. The standard InChI is InChI=1S/C4H6Cl2O3P/c1-2-8-10(7)9-3-4(5)6/h2,4H,1,3H2/q+1. The van der Waals surface area contributed by atoms with Crippen molar-refractivity contribution in [3.8, 4) is 0 Å². The van der Waals surface area contributed by atoms with Gasteiger partial charge in [-0.15, -0.1) is 27.7 Å². The summed E-state index contributed by atoms with van der Waals surface area (Å²) in [4.78, 5) is -0.688. The van der Waals surface area contributed by atoms with Crippen LogP contribution in [0.5, 0.6) is 0 Å². The molecule has 6 heteroatoms. The molecule has 0 amide bonds. The summed E-state index contributed by atoms with van der Waals surface area (Å²) in [7, 11) is -2.15. The second-order valence-corrected chi connectivity index (χ2v) is 3.38. The SMILES string of the molecule is C=CO[P+](=O)OCC(Cl)Cl. The molecular formula is C4H6Cl2O3P+. The first-order valence-corrected chi connectivity index (χ1v) is 4.29. The predicted molar refractivity (Wildman–Crippen MR) is 40.3 cm³/mol. The van der Waals surface area contributed by atoms with Gasteiger partial charge in [-0.2, -0.15) is 0 Å². The molecule has 0 spiro atoms. The third-order valence-electron chi connectivity index (χ3n) is 0.467. The van der Waals surface area contributed by atoms with E-state index in [-0.39, 0.29) is 6.61 Å². The van der Waals surface area contributed by atoms with Crippen molar-refractivity contribution < 1.29 is 13.6 Å². The monoisotopic (exact) mass is 203 g/mol. The van der Waals surface area contributed by atoms with Crippen LogP contribution < -0.4 is 0 Å². The maximum atomic E-state index is 10.5. The summed E-state index contributed by atoms with van der Waals surface area (Å²) < 4.78 is 19.3. The minimum Gasteiger partial charge on any atom is -0.238 e. The Morgan fingerprint density at radius 2 is 2.30 bits per heavy atom. The zero-order chi connectivity index (χ0) is 7.98. The number of alkyl halides is 2. The Morgan fingerprint density at radius 3 is 2.70 bits per heavy atom. The first kappa shape index (κ1) is 10.2. The molecule has 10 heavy (non-hydrogen) atoms. The molecule has 0 saturated carbocycles. The molecule has 0 rings (SSSR count). The second kappa shape index (κ2) is 5.93. The third kappa shape index (κ3) is 6.30. The van der Waals surface area contributed by atoms with Crippen LogP contribution in [0.2, 0.25) is 0 Å². The topological polar surface area (TPSA) is 35.5 Å². The Morgan fingerprint density at radius 1 is 1.70 bits per heavy atom. The van der Waals surface area contributed by atoms with Gasteiger partial charge in [-0.1, -0.05) is 6.58 Å². The van der Waals surface area contributed by atoms with Crippen molar-refractivity contribution in [2.45, 2.75) is 4.84 Å². The lowest BCUT2D eigenvalue weighted by Gasteiger charge is -1.89. The van der Waals surface area contributed by atoms with Gasteiger partial charge in [0.1, 0.15) is 17.7 Å². The fourth-order valence-electron chi connectivity index (χ4n) is 0.208. The van der Waals surface area contributed by atoms with E-state index in [4.69, 9.17) is 23.2 Å². The van der Waals surface area contributed by atoms with Crippen molar-refractivity contribution in [1.82, 2.24) is 0 Å². The van der Waals surface area contributed by atoms with E-state index in [0.717, 1.165) is 6.26 Å². The molecule has 58 valence electrons. The van der Waals surface area contributed by atoms with Gasteiger partial charge in [0.25, 0.3) is 0 Å². The van der Waals surface area contributed by atoms with E-state index in [9.17, 15) is 4.57 Å². The Hall–Kier alpha value is 0.180. The molecule has 0 aromatic rings. The van der Waals surface area contributed by atoms with Crippen molar-refractivity contribution in [3.05, 3.63) is 12.8 Å². The van der Waals surface area contributed by atoms with E-state index < -0.39 is 13.1 Å². The molecule has 0 aromatic heterocycles. The van der Waals surface area contributed by atoms with Crippen LogP contribution in [0.15, 0.2) is 12.8 Å². The highest BCUT2D eigenvalue weighted by molar-refractivity contribution is 7.33. The van der Waals surface area contributed by atoms with Gasteiger partial charge in [0, 0.05) is 4.57 Å². The zero-order valence-electron chi connectivity index (χ0n) is 5.00. The number of hydrogen-bond donors (Lipinski definition) is 0. The van der Waals surface area contributed by atoms with Crippen molar-refractivity contribution in [2.24, 2.45) is 0 Å². The van der Waals surface area contributed by atoms with Gasteiger partial charge in [0.05, 0.1) is 0 Å². The molecule has 0 fully saturated rings. The van der Waals surface area contributed by atoms with E-state index in [1.165, 1.54) is 0 Å². The Balaban J connectivity index is 3.30. The van der Waals surface area contributed by atoms with E-state index in [1.54, 1.807) is 0 Å². The molecule has 0 heterocycles. The fraction of sp³-hybridized carbons (Fsp3) is 0.500. The maximum absolute atomic E-state index is 10.5. The smallest absolute Gasteiger partial charge is 0.238 e. The highest BCUT2D eigenvalue weighted by Crippen LogP contribution is 2.24. The number of hydrogen-bond acceptors (Lipinski definition) is 3. The molecule has 1 atom stereocenters. The zero-order valence-corrected chi connectivity index (χ0v) is 7.40. The molecule has 0 aliphatic heterocycles. The molecule has 1 unspecified atom stereocenters. The van der Waals surface area contributed by atoms with Gasteiger partial charge in [-0.25, -0.2) is 4.52 Å². The van der Waals surface area contributed by atoms with Crippen LogP contribution in [-0.4, -0.2) is 11.4 Å². The van der Waals surface area contributed by atoms with Gasteiger partial charge in [-0.05, 0) is 0 Å². The molecule has 0 aromatic carbocycles. The second-order valence-electron chi connectivity index (χ2n) is 1.18. The summed E-state index contributed by atoms with van der Waals surface area (Å²) in [6.07, 6.45) is 1.02. The minimum absolute atomic E-state index is 0.0217. The summed E-state index contributed by atoms with van der Waals surface area (Å²) in [5.41, 5.74) is 0. The quantitative estimate of drug-likeness (QED) is 0.392. The Kier molecular flexibility index (Phi) is 6.03. The van der Waals surface area contributed by atoms with Crippen LogP contribution in [0.25, 0.3) is 0 Å². The van der Waals surface area contributed by atoms with Crippen molar-refractivity contribution in [2.75, 3.05) is 6.61 Å². The highest BCUT2D eigenvalue weighted by Gasteiger charge is 2.20. The number of rotatable bonds is 5. The van der Waals surface area contributed by atoms with E-state index in [1.807, 2.05) is 0 Å². The third-order valence-corrected chi connectivity index (χ3v) is 1.40. The Bertz CT molecular complexity index is 128. The fourth-order valence-corrected chi connectivity index (χ4v) is 0.964. The number of halogens is 2. The molecule has 0 N–H and O–H groups in total. The normalized spacial score (nSPS) is 11.3. The van der Waals surface area contributed by atoms with Crippen molar-refractivity contribution in [3.63, 3.8) is 0 Å². The van der Waals surface area contributed by atoms with Crippen LogP contribution in [0, 0.1) is 0 Å². The molecule has 3 nitrogen and oxygen atoms in total. The summed E-state index contributed by atoms with van der Waals surface area (Å²) in [5, 5.41) is 0. The van der Waals surface area contributed by atoms with Crippen LogP contribution >= 0.6 is 31.5 Å². The lowest BCUT2D eigenvalue weighted by atomic mass is 10.9. The Labute approximate surface area is 69.9 Å². The summed E-state index contributed by atoms with van der Waals surface area (Å²) in [6, 6.07) is 0. The molecule has 0 bridgehead atoms. The first-order chi connectivity index (χ1) is 4.66. The van der Waals surface area contributed by atoms with Crippen LogP contribution in [0.1, 0.15) is 0 Å². The lowest BCUT2D eigenvalue weighted by molar-refractivity contribution is 0.283. The van der Waals surface area contributed by atoms with Crippen LogP contribution in [-0.2, 0) is 13.6 Å².